The number of fused-ring (bicyclic) bond motifs is 2. The Hall–Kier alpha value is -1.46. The normalized spacial score (nSPS) is 29.9. The van der Waals surface area contributed by atoms with Gasteiger partial charge in [-0.1, -0.05) is 0 Å². The van der Waals surface area contributed by atoms with E-state index in [9.17, 15) is 4.79 Å². The van der Waals surface area contributed by atoms with Crippen molar-refractivity contribution in [2.45, 2.75) is 69.5 Å². The van der Waals surface area contributed by atoms with Gasteiger partial charge < -0.3 is 15.5 Å². The minimum absolute atomic E-state index is 0.242. The van der Waals surface area contributed by atoms with Crippen molar-refractivity contribution in [3.05, 3.63) is 23.9 Å². The van der Waals surface area contributed by atoms with Crippen LogP contribution in [0, 0.1) is 5.92 Å². The Balaban J connectivity index is 1.33. The number of carbonyl (C=O) groups excluding carboxylic acids is 1. The number of rotatable bonds is 5. The van der Waals surface area contributed by atoms with Crippen LogP contribution in [0.5, 0.6) is 0 Å². The molecule has 0 saturated carbocycles. The molecule has 0 amide bonds. The third-order valence-corrected chi connectivity index (χ3v) is 6.72. The molecule has 0 aromatic carbocycles. The van der Waals surface area contributed by atoms with Crippen molar-refractivity contribution in [2.24, 2.45) is 11.7 Å². The molecular weight excluding hydrogens is 324 g/mol. The first-order chi connectivity index (χ1) is 12.6. The van der Waals surface area contributed by atoms with E-state index in [1.165, 1.54) is 25.7 Å². The minimum Gasteiger partial charge on any atom is -0.351 e. The number of nitrogens with zero attached hydrogens (tertiary/aromatic N) is 3. The Bertz CT molecular complexity index is 609. The van der Waals surface area contributed by atoms with Gasteiger partial charge in [-0.15, -0.1) is 0 Å². The molecule has 1 aromatic heterocycles. The largest absolute Gasteiger partial charge is 0.351 e. The van der Waals surface area contributed by atoms with E-state index in [-0.39, 0.29) is 5.78 Å². The fourth-order valence-electron chi connectivity index (χ4n) is 5.13. The molecule has 2 atom stereocenters. The highest BCUT2D eigenvalue weighted by molar-refractivity contribution is 5.95. The zero-order valence-corrected chi connectivity index (χ0v) is 15.9. The monoisotopic (exact) mass is 356 g/mol. The Morgan fingerprint density at radius 2 is 1.85 bits per heavy atom. The second kappa shape index (κ2) is 7.65. The molecule has 5 heteroatoms. The van der Waals surface area contributed by atoms with Crippen LogP contribution in [0.4, 0.5) is 5.82 Å². The molecule has 3 aliphatic rings. The summed E-state index contributed by atoms with van der Waals surface area (Å²) in [7, 11) is 2.18. The Kier molecular flexibility index (Phi) is 5.28. The average molecular weight is 357 g/mol. The van der Waals surface area contributed by atoms with Gasteiger partial charge in [-0.25, -0.2) is 4.98 Å². The van der Waals surface area contributed by atoms with E-state index in [4.69, 9.17) is 5.73 Å². The van der Waals surface area contributed by atoms with Gasteiger partial charge in [0.15, 0.2) is 5.78 Å². The van der Waals surface area contributed by atoms with Crippen LogP contribution >= 0.6 is 0 Å². The summed E-state index contributed by atoms with van der Waals surface area (Å²) in [5.74, 6) is 1.97. The summed E-state index contributed by atoms with van der Waals surface area (Å²) in [6, 6.07) is 5.42. The predicted octanol–water partition coefficient (Wildman–Crippen LogP) is 2.84. The molecule has 0 radical (unpaired) electrons. The number of likely N-dealkylation sites (tertiary alicyclic amines) is 1. The Morgan fingerprint density at radius 1 is 1.15 bits per heavy atom. The van der Waals surface area contributed by atoms with Gasteiger partial charge in [0, 0.05) is 36.3 Å². The quantitative estimate of drug-likeness (QED) is 0.822. The van der Waals surface area contributed by atoms with E-state index in [1.807, 2.05) is 12.1 Å². The number of anilines is 1. The topological polar surface area (TPSA) is 62.5 Å². The zero-order chi connectivity index (χ0) is 18.1. The van der Waals surface area contributed by atoms with Crippen LogP contribution in [0.2, 0.25) is 0 Å². The molecular formula is C21H32N4O. The van der Waals surface area contributed by atoms with E-state index >= 15 is 0 Å². The maximum absolute atomic E-state index is 12.5. The number of hydrogen-bond acceptors (Lipinski definition) is 5. The van der Waals surface area contributed by atoms with Crippen LogP contribution < -0.4 is 10.6 Å². The minimum atomic E-state index is 0.242. The van der Waals surface area contributed by atoms with Gasteiger partial charge in [-0.05, 0) is 83.1 Å². The second-order valence-corrected chi connectivity index (χ2v) is 8.64. The molecule has 2 unspecified atom stereocenters. The Morgan fingerprint density at radius 3 is 2.46 bits per heavy atom. The highest BCUT2D eigenvalue weighted by Gasteiger charge is 2.40. The van der Waals surface area contributed by atoms with Crippen molar-refractivity contribution in [1.29, 1.82) is 0 Å². The van der Waals surface area contributed by atoms with Crippen LogP contribution in [0.3, 0.4) is 0 Å². The summed E-state index contributed by atoms with van der Waals surface area (Å²) in [6.07, 6.45) is 10.5. The van der Waals surface area contributed by atoms with Gasteiger partial charge in [0.05, 0.1) is 0 Å². The van der Waals surface area contributed by atoms with Crippen molar-refractivity contribution in [2.75, 3.05) is 25.0 Å². The molecule has 4 heterocycles. The lowest BCUT2D eigenvalue weighted by Crippen LogP contribution is -2.47. The second-order valence-electron chi connectivity index (χ2n) is 8.64. The van der Waals surface area contributed by atoms with Crippen LogP contribution in [-0.4, -0.2) is 53.9 Å². The highest BCUT2D eigenvalue weighted by Crippen LogP contribution is 2.38. The van der Waals surface area contributed by atoms with Gasteiger partial charge in [-0.3, -0.25) is 4.79 Å². The first-order valence-corrected chi connectivity index (χ1v) is 10.3. The summed E-state index contributed by atoms with van der Waals surface area (Å²) in [4.78, 5) is 22.0. The number of nitrogens with two attached hydrogens (primary N) is 1. The summed E-state index contributed by atoms with van der Waals surface area (Å²) >= 11 is 0. The van der Waals surface area contributed by atoms with Crippen molar-refractivity contribution in [1.82, 2.24) is 9.88 Å². The van der Waals surface area contributed by atoms with Crippen LogP contribution in [-0.2, 0) is 0 Å². The molecule has 3 saturated heterocycles. The number of aromatic nitrogens is 1. The smallest absolute Gasteiger partial charge is 0.164 e. The lowest BCUT2D eigenvalue weighted by atomic mass is 9.91. The summed E-state index contributed by atoms with van der Waals surface area (Å²) in [6.45, 7) is 2.33. The van der Waals surface area contributed by atoms with Gasteiger partial charge in [0.1, 0.15) is 5.82 Å². The molecule has 0 aliphatic carbocycles. The maximum atomic E-state index is 12.5. The number of ketones is 1. The van der Waals surface area contributed by atoms with Crippen molar-refractivity contribution < 1.29 is 4.79 Å². The molecule has 2 bridgehead atoms. The van der Waals surface area contributed by atoms with Crippen molar-refractivity contribution >= 4 is 11.6 Å². The number of piperidine rings is 2. The summed E-state index contributed by atoms with van der Waals surface area (Å²) in [5, 5.41) is 0. The SMILES string of the molecule is CN1CCC(CCC(=O)c2ccc(N3C4CCC3CC(N)C4)nc2)CC1. The lowest BCUT2D eigenvalue weighted by Gasteiger charge is -2.38. The zero-order valence-electron chi connectivity index (χ0n) is 15.9. The fourth-order valence-corrected chi connectivity index (χ4v) is 5.13. The lowest BCUT2D eigenvalue weighted by molar-refractivity contribution is 0.0965. The first kappa shape index (κ1) is 17.9. The average Bonchev–Trinajstić information content (AvgIpc) is 2.92. The van der Waals surface area contributed by atoms with E-state index < -0.39 is 0 Å². The molecule has 3 fully saturated rings. The number of carbonyl (C=O) groups is 1. The van der Waals surface area contributed by atoms with E-state index in [2.05, 4.69) is 21.8 Å². The molecule has 0 spiro atoms. The van der Waals surface area contributed by atoms with Crippen LogP contribution in [0.15, 0.2) is 18.3 Å². The Labute approximate surface area is 156 Å². The molecule has 5 nitrogen and oxygen atoms in total. The molecule has 4 rings (SSSR count). The van der Waals surface area contributed by atoms with Gasteiger partial charge >= 0.3 is 0 Å². The molecule has 3 aliphatic heterocycles. The summed E-state index contributed by atoms with van der Waals surface area (Å²) in [5.41, 5.74) is 6.93. The fraction of sp³-hybridized carbons (Fsp3) is 0.714. The maximum Gasteiger partial charge on any atom is 0.164 e. The number of Topliss-reactive ketones (excluding diaryl/α,β-unsaturated/α-hetero) is 1. The predicted molar refractivity (Wildman–Crippen MR) is 105 cm³/mol. The van der Waals surface area contributed by atoms with Gasteiger partial charge in [0.2, 0.25) is 0 Å². The third-order valence-electron chi connectivity index (χ3n) is 6.72. The van der Waals surface area contributed by atoms with E-state index in [1.54, 1.807) is 6.20 Å². The molecule has 142 valence electrons. The molecule has 2 N–H and O–H groups in total. The highest BCUT2D eigenvalue weighted by atomic mass is 16.1. The van der Waals surface area contributed by atoms with E-state index in [0.717, 1.165) is 43.7 Å². The number of pyridine rings is 1. The van der Waals surface area contributed by atoms with Crippen molar-refractivity contribution in [3.63, 3.8) is 0 Å². The van der Waals surface area contributed by atoms with Crippen LogP contribution in [0.1, 0.15) is 61.7 Å². The van der Waals surface area contributed by atoms with Crippen molar-refractivity contribution in [3.8, 4) is 0 Å². The molecule has 1 aromatic rings. The van der Waals surface area contributed by atoms with E-state index in [0.29, 0.717) is 30.5 Å². The summed E-state index contributed by atoms with van der Waals surface area (Å²) < 4.78 is 0. The molecule has 26 heavy (non-hydrogen) atoms. The first-order valence-electron chi connectivity index (χ1n) is 10.3. The standard InChI is InChI=1S/C21H32N4O/c1-24-10-8-15(9-11-24)2-6-20(26)16-3-7-21(23-14-16)25-18-4-5-19(25)13-17(22)12-18/h3,7,14-15,17-19H,2,4-6,8-13,22H2,1H3. The third kappa shape index (κ3) is 3.79. The number of hydrogen-bond donors (Lipinski definition) is 1. The van der Waals surface area contributed by atoms with Gasteiger partial charge in [0.25, 0.3) is 0 Å². The van der Waals surface area contributed by atoms with Gasteiger partial charge in [-0.2, -0.15) is 0 Å². The van der Waals surface area contributed by atoms with Crippen LogP contribution in [0.25, 0.3) is 0 Å².